The lowest BCUT2D eigenvalue weighted by atomic mass is 9.99. The average Bonchev–Trinajstić information content (AvgIpc) is 2.39. The number of rotatable bonds is 3. The third-order valence-corrected chi connectivity index (χ3v) is 2.87. The summed E-state index contributed by atoms with van der Waals surface area (Å²) in [6.45, 7) is 0. The molecule has 18 heavy (non-hydrogen) atoms. The van der Waals surface area contributed by atoms with Gasteiger partial charge in [-0.1, -0.05) is 30.3 Å². The van der Waals surface area contributed by atoms with Crippen molar-refractivity contribution in [2.75, 3.05) is 19.0 Å². The van der Waals surface area contributed by atoms with E-state index in [4.69, 9.17) is 5.73 Å². The molecule has 3 nitrogen and oxygen atoms in total. The highest BCUT2D eigenvalue weighted by Crippen LogP contribution is 2.26. The topological polar surface area (TPSA) is 46.3 Å². The quantitative estimate of drug-likeness (QED) is 0.896. The molecule has 0 heterocycles. The Balaban J connectivity index is 2.55. The van der Waals surface area contributed by atoms with Crippen molar-refractivity contribution in [1.82, 2.24) is 0 Å². The van der Waals surface area contributed by atoms with Gasteiger partial charge in [0.2, 0.25) is 5.91 Å². The number of nitrogens with two attached hydrogens (primary N) is 1. The molecule has 0 aliphatic rings. The normalized spacial score (nSPS) is 10.1. The van der Waals surface area contributed by atoms with E-state index in [1.54, 1.807) is 6.07 Å². The second-order valence-corrected chi connectivity index (χ2v) is 4.35. The molecule has 0 spiro atoms. The van der Waals surface area contributed by atoms with Crippen molar-refractivity contribution in [2.24, 2.45) is 5.73 Å². The van der Waals surface area contributed by atoms with Gasteiger partial charge in [0, 0.05) is 25.3 Å². The summed E-state index contributed by atoms with van der Waals surface area (Å²) in [6.07, 6.45) is 0. The van der Waals surface area contributed by atoms with Gasteiger partial charge in [-0.05, 0) is 29.3 Å². The number of primary amides is 1. The molecule has 2 aromatic carbocycles. The van der Waals surface area contributed by atoms with Crippen molar-refractivity contribution in [3.63, 3.8) is 0 Å². The zero-order valence-electron chi connectivity index (χ0n) is 10.6. The standard InChI is InChI=1S/C15H16N2O/c1-17(2)12-7-5-6-11(10-12)13-8-3-4-9-14(13)15(16)18/h3-10H,1-2H3,(H2,16,18). The van der Waals surface area contributed by atoms with Crippen LogP contribution in [0.5, 0.6) is 0 Å². The van der Waals surface area contributed by atoms with Crippen LogP contribution in [0.4, 0.5) is 5.69 Å². The summed E-state index contributed by atoms with van der Waals surface area (Å²) in [5, 5.41) is 0. The van der Waals surface area contributed by atoms with Crippen LogP contribution in [0, 0.1) is 0 Å². The molecule has 3 heteroatoms. The van der Waals surface area contributed by atoms with E-state index in [0.717, 1.165) is 16.8 Å². The summed E-state index contributed by atoms with van der Waals surface area (Å²) in [5.74, 6) is -0.402. The third kappa shape index (κ3) is 2.35. The molecule has 2 aromatic rings. The van der Waals surface area contributed by atoms with Gasteiger partial charge in [-0.2, -0.15) is 0 Å². The Labute approximate surface area is 107 Å². The molecule has 0 unspecified atom stereocenters. The van der Waals surface area contributed by atoms with Gasteiger partial charge in [0.25, 0.3) is 0 Å². The Kier molecular flexibility index (Phi) is 3.33. The molecule has 0 atom stereocenters. The molecule has 1 amide bonds. The lowest BCUT2D eigenvalue weighted by Crippen LogP contribution is -2.12. The smallest absolute Gasteiger partial charge is 0.249 e. The van der Waals surface area contributed by atoms with E-state index >= 15 is 0 Å². The van der Waals surface area contributed by atoms with Gasteiger partial charge in [0.15, 0.2) is 0 Å². The number of anilines is 1. The molecule has 0 radical (unpaired) electrons. The first-order chi connectivity index (χ1) is 8.59. The molecule has 0 aliphatic heterocycles. The second-order valence-electron chi connectivity index (χ2n) is 4.35. The van der Waals surface area contributed by atoms with E-state index in [0.29, 0.717) is 5.56 Å². The molecule has 2 rings (SSSR count). The minimum Gasteiger partial charge on any atom is -0.378 e. The van der Waals surface area contributed by atoms with Crippen LogP contribution in [0.3, 0.4) is 0 Å². The van der Waals surface area contributed by atoms with E-state index in [1.807, 2.05) is 61.5 Å². The molecule has 0 aliphatic carbocycles. The van der Waals surface area contributed by atoms with Crippen LogP contribution in [-0.4, -0.2) is 20.0 Å². The van der Waals surface area contributed by atoms with Crippen molar-refractivity contribution < 1.29 is 4.79 Å². The second kappa shape index (κ2) is 4.92. The Morgan fingerprint density at radius 2 is 1.78 bits per heavy atom. The Morgan fingerprint density at radius 3 is 2.44 bits per heavy atom. The molecular weight excluding hydrogens is 224 g/mol. The minimum atomic E-state index is -0.402. The van der Waals surface area contributed by atoms with Crippen molar-refractivity contribution in [3.05, 3.63) is 54.1 Å². The monoisotopic (exact) mass is 240 g/mol. The van der Waals surface area contributed by atoms with Crippen molar-refractivity contribution in [1.29, 1.82) is 0 Å². The first kappa shape index (κ1) is 12.2. The fourth-order valence-electron chi connectivity index (χ4n) is 1.90. The number of nitrogens with zero attached hydrogens (tertiary/aromatic N) is 1. The van der Waals surface area contributed by atoms with Gasteiger partial charge in [-0.25, -0.2) is 0 Å². The maximum atomic E-state index is 11.4. The number of amides is 1. The first-order valence-electron chi connectivity index (χ1n) is 5.76. The maximum Gasteiger partial charge on any atom is 0.249 e. The number of hydrogen-bond donors (Lipinski definition) is 1. The van der Waals surface area contributed by atoms with E-state index in [-0.39, 0.29) is 0 Å². The molecule has 0 aromatic heterocycles. The molecule has 0 saturated carbocycles. The van der Waals surface area contributed by atoms with E-state index in [9.17, 15) is 4.79 Å². The summed E-state index contributed by atoms with van der Waals surface area (Å²) in [7, 11) is 3.97. The minimum absolute atomic E-state index is 0.402. The third-order valence-electron chi connectivity index (χ3n) is 2.87. The lowest BCUT2D eigenvalue weighted by Gasteiger charge is -2.14. The SMILES string of the molecule is CN(C)c1cccc(-c2ccccc2C(N)=O)c1. The van der Waals surface area contributed by atoms with Crippen LogP contribution >= 0.6 is 0 Å². The summed E-state index contributed by atoms with van der Waals surface area (Å²) < 4.78 is 0. The molecule has 92 valence electrons. The maximum absolute atomic E-state index is 11.4. The summed E-state index contributed by atoms with van der Waals surface area (Å²) in [6, 6.07) is 15.4. The molecule has 0 bridgehead atoms. The Morgan fingerprint density at radius 1 is 1.06 bits per heavy atom. The van der Waals surface area contributed by atoms with Crippen LogP contribution in [0.1, 0.15) is 10.4 Å². The van der Waals surface area contributed by atoms with Gasteiger partial charge < -0.3 is 10.6 Å². The van der Waals surface area contributed by atoms with Gasteiger partial charge >= 0.3 is 0 Å². The van der Waals surface area contributed by atoms with Gasteiger partial charge in [-0.3, -0.25) is 4.79 Å². The highest BCUT2D eigenvalue weighted by Gasteiger charge is 2.09. The summed E-state index contributed by atoms with van der Waals surface area (Å²) in [4.78, 5) is 13.4. The fraction of sp³-hybridized carbons (Fsp3) is 0.133. The molecular formula is C15H16N2O. The zero-order valence-corrected chi connectivity index (χ0v) is 10.6. The number of carbonyl (C=O) groups excluding carboxylic acids is 1. The molecule has 2 N–H and O–H groups in total. The summed E-state index contributed by atoms with van der Waals surface area (Å²) in [5.41, 5.74) is 8.90. The number of hydrogen-bond acceptors (Lipinski definition) is 2. The first-order valence-corrected chi connectivity index (χ1v) is 5.76. The van der Waals surface area contributed by atoms with Gasteiger partial charge in [0.1, 0.15) is 0 Å². The number of carbonyl (C=O) groups is 1. The van der Waals surface area contributed by atoms with Crippen LogP contribution < -0.4 is 10.6 Å². The zero-order chi connectivity index (χ0) is 13.1. The number of benzene rings is 2. The Bertz CT molecular complexity index is 576. The van der Waals surface area contributed by atoms with E-state index < -0.39 is 5.91 Å². The van der Waals surface area contributed by atoms with Crippen molar-refractivity contribution in [2.45, 2.75) is 0 Å². The van der Waals surface area contributed by atoms with Gasteiger partial charge in [-0.15, -0.1) is 0 Å². The Hall–Kier alpha value is -2.29. The highest BCUT2D eigenvalue weighted by molar-refractivity contribution is 6.00. The van der Waals surface area contributed by atoms with Crippen LogP contribution in [0.2, 0.25) is 0 Å². The van der Waals surface area contributed by atoms with Crippen LogP contribution in [0.25, 0.3) is 11.1 Å². The van der Waals surface area contributed by atoms with E-state index in [2.05, 4.69) is 0 Å². The van der Waals surface area contributed by atoms with Crippen LogP contribution in [-0.2, 0) is 0 Å². The fourth-order valence-corrected chi connectivity index (χ4v) is 1.90. The van der Waals surface area contributed by atoms with E-state index in [1.165, 1.54) is 0 Å². The van der Waals surface area contributed by atoms with Crippen LogP contribution in [0.15, 0.2) is 48.5 Å². The average molecular weight is 240 g/mol. The largest absolute Gasteiger partial charge is 0.378 e. The predicted octanol–water partition coefficient (Wildman–Crippen LogP) is 2.52. The van der Waals surface area contributed by atoms with Gasteiger partial charge in [0.05, 0.1) is 0 Å². The van der Waals surface area contributed by atoms with Crippen molar-refractivity contribution in [3.8, 4) is 11.1 Å². The van der Waals surface area contributed by atoms with Crippen molar-refractivity contribution >= 4 is 11.6 Å². The molecule has 0 saturated heterocycles. The molecule has 0 fully saturated rings. The lowest BCUT2D eigenvalue weighted by molar-refractivity contribution is 0.100. The summed E-state index contributed by atoms with van der Waals surface area (Å²) >= 11 is 0. The predicted molar refractivity (Wildman–Crippen MR) is 74.7 cm³/mol. The highest BCUT2D eigenvalue weighted by atomic mass is 16.1.